The van der Waals surface area contributed by atoms with Crippen molar-refractivity contribution in [2.75, 3.05) is 0 Å². The molecular formula is C15H24O2. The lowest BCUT2D eigenvalue weighted by atomic mass is 9.76. The largest absolute Gasteiger partial charge is 0.228 e. The molecule has 2 heterocycles. The van der Waals surface area contributed by atoms with Gasteiger partial charge in [0.1, 0.15) is 12.2 Å². The van der Waals surface area contributed by atoms with E-state index >= 15 is 0 Å². The molecule has 3 rings (SSSR count). The second kappa shape index (κ2) is 5.36. The minimum Gasteiger partial charge on any atom is -0.228 e. The number of rotatable bonds is 4. The van der Waals surface area contributed by atoms with Crippen LogP contribution in [-0.2, 0) is 9.78 Å². The third kappa shape index (κ3) is 2.99. The number of hydrogen-bond donors (Lipinski definition) is 0. The summed E-state index contributed by atoms with van der Waals surface area (Å²) in [6.45, 7) is 8.81. The van der Waals surface area contributed by atoms with Gasteiger partial charge in [0.05, 0.1) is 0 Å². The molecule has 0 saturated carbocycles. The van der Waals surface area contributed by atoms with E-state index in [1.165, 1.54) is 24.0 Å². The molecular weight excluding hydrogens is 212 g/mol. The third-order valence-electron chi connectivity index (χ3n) is 4.03. The SMILES string of the molecule is CC(C)=CCC[C@H](C)[C@H]1C[C@@H]2OO[C@H]1C=C2C. The topological polar surface area (TPSA) is 18.5 Å². The lowest BCUT2D eigenvalue weighted by Gasteiger charge is -2.41. The smallest absolute Gasteiger partial charge is 0.115 e. The Morgan fingerprint density at radius 1 is 1.47 bits per heavy atom. The summed E-state index contributed by atoms with van der Waals surface area (Å²) in [6.07, 6.45) is 8.52. The van der Waals surface area contributed by atoms with Gasteiger partial charge in [0.2, 0.25) is 0 Å². The first-order chi connectivity index (χ1) is 8.08. The molecule has 0 unspecified atom stereocenters. The Bertz CT molecular complexity index is 326. The highest BCUT2D eigenvalue weighted by molar-refractivity contribution is 5.16. The van der Waals surface area contributed by atoms with E-state index in [1.54, 1.807) is 0 Å². The highest BCUT2D eigenvalue weighted by atomic mass is 17.2. The maximum atomic E-state index is 5.42. The van der Waals surface area contributed by atoms with Gasteiger partial charge in [-0.1, -0.05) is 24.6 Å². The van der Waals surface area contributed by atoms with Crippen molar-refractivity contribution < 1.29 is 9.78 Å². The van der Waals surface area contributed by atoms with Crippen molar-refractivity contribution >= 4 is 0 Å². The van der Waals surface area contributed by atoms with Gasteiger partial charge in [-0.3, -0.25) is 0 Å². The van der Waals surface area contributed by atoms with Crippen LogP contribution < -0.4 is 0 Å². The molecule has 2 nitrogen and oxygen atoms in total. The van der Waals surface area contributed by atoms with Gasteiger partial charge in [0.15, 0.2) is 0 Å². The summed E-state index contributed by atoms with van der Waals surface area (Å²) >= 11 is 0. The molecule has 0 N–H and O–H groups in total. The zero-order valence-electron chi connectivity index (χ0n) is 11.4. The summed E-state index contributed by atoms with van der Waals surface area (Å²) in [4.78, 5) is 10.7. The van der Waals surface area contributed by atoms with Crippen molar-refractivity contribution in [2.45, 2.75) is 59.2 Å². The Kier molecular flexibility index (Phi) is 4.05. The van der Waals surface area contributed by atoms with Crippen molar-refractivity contribution in [3.63, 3.8) is 0 Å². The molecule has 0 aromatic carbocycles. The predicted octanol–water partition coefficient (Wildman–Crippen LogP) is 4.03. The molecule has 0 amide bonds. The molecule has 0 aromatic heterocycles. The molecule has 17 heavy (non-hydrogen) atoms. The minimum absolute atomic E-state index is 0.182. The first kappa shape index (κ1) is 12.8. The van der Waals surface area contributed by atoms with E-state index < -0.39 is 0 Å². The van der Waals surface area contributed by atoms with E-state index in [4.69, 9.17) is 9.78 Å². The lowest BCUT2D eigenvalue weighted by Crippen LogP contribution is -2.43. The van der Waals surface area contributed by atoms with Crippen molar-refractivity contribution in [1.29, 1.82) is 0 Å². The van der Waals surface area contributed by atoms with Gasteiger partial charge in [-0.2, -0.15) is 0 Å². The molecule has 2 bridgehead atoms. The van der Waals surface area contributed by atoms with Crippen molar-refractivity contribution in [2.24, 2.45) is 11.8 Å². The Morgan fingerprint density at radius 2 is 2.24 bits per heavy atom. The Morgan fingerprint density at radius 3 is 2.76 bits per heavy atom. The summed E-state index contributed by atoms with van der Waals surface area (Å²) in [5.41, 5.74) is 2.76. The Labute approximate surface area is 105 Å². The maximum Gasteiger partial charge on any atom is 0.115 e. The fourth-order valence-electron chi connectivity index (χ4n) is 2.81. The van der Waals surface area contributed by atoms with Gasteiger partial charge < -0.3 is 0 Å². The summed E-state index contributed by atoms with van der Waals surface area (Å²) in [5, 5.41) is 0. The maximum absolute atomic E-state index is 5.42. The molecule has 1 aliphatic carbocycles. The minimum atomic E-state index is 0.182. The van der Waals surface area contributed by atoms with Gasteiger partial charge >= 0.3 is 0 Å². The Hall–Kier alpha value is -0.600. The molecule has 96 valence electrons. The fraction of sp³-hybridized carbons (Fsp3) is 0.733. The normalized spacial score (nSPS) is 33.2. The van der Waals surface area contributed by atoms with Crippen LogP contribution in [0, 0.1) is 11.8 Å². The monoisotopic (exact) mass is 236 g/mol. The molecule has 2 aliphatic heterocycles. The van der Waals surface area contributed by atoms with E-state index in [9.17, 15) is 0 Å². The lowest BCUT2D eigenvalue weighted by molar-refractivity contribution is -0.380. The summed E-state index contributed by atoms with van der Waals surface area (Å²) < 4.78 is 0. The zero-order chi connectivity index (χ0) is 12.4. The van der Waals surface area contributed by atoms with Gasteiger partial charge in [-0.25, -0.2) is 9.78 Å². The summed E-state index contributed by atoms with van der Waals surface area (Å²) in [6, 6.07) is 0. The van der Waals surface area contributed by atoms with Crippen LogP contribution in [0.15, 0.2) is 23.3 Å². The highest BCUT2D eigenvalue weighted by Crippen LogP contribution is 2.39. The van der Waals surface area contributed by atoms with Crippen LogP contribution in [0.25, 0.3) is 0 Å². The predicted molar refractivity (Wildman–Crippen MR) is 69.4 cm³/mol. The van der Waals surface area contributed by atoms with Crippen LogP contribution in [0.3, 0.4) is 0 Å². The molecule has 0 spiro atoms. The van der Waals surface area contributed by atoms with Crippen LogP contribution in [0.5, 0.6) is 0 Å². The van der Waals surface area contributed by atoms with Crippen LogP contribution in [0.2, 0.25) is 0 Å². The van der Waals surface area contributed by atoms with Gasteiger partial charge in [-0.05, 0) is 57.4 Å². The van der Waals surface area contributed by atoms with E-state index in [-0.39, 0.29) is 12.2 Å². The average molecular weight is 236 g/mol. The Balaban J connectivity index is 1.89. The van der Waals surface area contributed by atoms with Gasteiger partial charge in [-0.15, -0.1) is 0 Å². The molecule has 0 aromatic rings. The highest BCUT2D eigenvalue weighted by Gasteiger charge is 2.39. The quantitative estimate of drug-likeness (QED) is 0.542. The molecule has 3 aliphatic rings. The molecule has 1 fully saturated rings. The van der Waals surface area contributed by atoms with Crippen LogP contribution >= 0.6 is 0 Å². The number of hydrogen-bond acceptors (Lipinski definition) is 2. The first-order valence-electron chi connectivity index (χ1n) is 6.71. The average Bonchev–Trinajstić information content (AvgIpc) is 2.28. The number of fused-ring (bicyclic) bond motifs is 2. The second-order valence-electron chi connectivity index (χ2n) is 5.79. The molecule has 0 radical (unpaired) electrons. The first-order valence-corrected chi connectivity index (χ1v) is 6.71. The summed E-state index contributed by atoms with van der Waals surface area (Å²) in [7, 11) is 0. The van der Waals surface area contributed by atoms with Crippen molar-refractivity contribution in [3.8, 4) is 0 Å². The van der Waals surface area contributed by atoms with Crippen molar-refractivity contribution in [3.05, 3.63) is 23.3 Å². The van der Waals surface area contributed by atoms with Gasteiger partial charge in [0.25, 0.3) is 0 Å². The standard InChI is InChI=1S/C15H24O2/c1-10(2)6-5-7-11(3)13-9-14-12(4)8-15(13)17-16-14/h6,8,11,13-15H,5,7,9H2,1-4H3/t11-,13+,14-,15-/m0/s1. The van der Waals surface area contributed by atoms with Crippen LogP contribution in [0.1, 0.15) is 47.0 Å². The van der Waals surface area contributed by atoms with E-state index in [0.29, 0.717) is 11.8 Å². The zero-order valence-corrected chi connectivity index (χ0v) is 11.4. The van der Waals surface area contributed by atoms with Gasteiger partial charge in [0, 0.05) is 0 Å². The van der Waals surface area contributed by atoms with E-state index in [2.05, 4.69) is 39.8 Å². The molecule has 2 heteroatoms. The van der Waals surface area contributed by atoms with E-state index in [0.717, 1.165) is 6.42 Å². The fourth-order valence-corrected chi connectivity index (χ4v) is 2.81. The van der Waals surface area contributed by atoms with Crippen LogP contribution in [0.4, 0.5) is 0 Å². The summed E-state index contributed by atoms with van der Waals surface area (Å²) in [5.74, 6) is 1.33. The van der Waals surface area contributed by atoms with Crippen LogP contribution in [-0.4, -0.2) is 12.2 Å². The number of allylic oxidation sites excluding steroid dienone is 2. The van der Waals surface area contributed by atoms with E-state index in [1.807, 2.05) is 0 Å². The molecule has 1 saturated heterocycles. The second-order valence-corrected chi connectivity index (χ2v) is 5.79. The van der Waals surface area contributed by atoms with Crippen molar-refractivity contribution in [1.82, 2.24) is 0 Å². The third-order valence-corrected chi connectivity index (χ3v) is 4.03. The molecule has 4 atom stereocenters.